The van der Waals surface area contributed by atoms with E-state index < -0.39 is 10.0 Å². The van der Waals surface area contributed by atoms with Crippen LogP contribution in [-0.4, -0.2) is 52.0 Å². The van der Waals surface area contributed by atoms with Gasteiger partial charge in [0.2, 0.25) is 10.0 Å². The largest absolute Gasteiger partial charge is 0.379 e. The minimum Gasteiger partial charge on any atom is -0.379 e. The number of thioether (sulfide) groups is 1. The van der Waals surface area contributed by atoms with Gasteiger partial charge in [-0.1, -0.05) is 0 Å². The molecular weight excluding hydrogens is 260 g/mol. The molecule has 0 aromatic heterocycles. The fourth-order valence-corrected chi connectivity index (χ4v) is 3.80. The minimum atomic E-state index is -3.18. The summed E-state index contributed by atoms with van der Waals surface area (Å²) in [6.07, 6.45) is 2.22. The van der Waals surface area contributed by atoms with Crippen molar-refractivity contribution in [1.82, 2.24) is 4.72 Å². The smallest absolute Gasteiger partial charge is 0.213 e. The van der Waals surface area contributed by atoms with E-state index >= 15 is 0 Å². The molecule has 0 atom stereocenters. The molecule has 0 saturated carbocycles. The van der Waals surface area contributed by atoms with Crippen molar-refractivity contribution >= 4 is 21.8 Å². The quantitative estimate of drug-likeness (QED) is 0.614. The van der Waals surface area contributed by atoms with Crippen LogP contribution in [-0.2, 0) is 14.8 Å². The summed E-state index contributed by atoms with van der Waals surface area (Å²) in [4.78, 5) is 0. The van der Waals surface area contributed by atoms with Crippen molar-refractivity contribution in [3.8, 4) is 0 Å². The summed E-state index contributed by atoms with van der Waals surface area (Å²) in [7, 11) is -3.18. The first-order valence-electron chi connectivity index (χ1n) is 5.97. The molecule has 0 spiro atoms. The maximum absolute atomic E-state index is 11.6. The molecule has 0 aromatic rings. The highest BCUT2D eigenvalue weighted by molar-refractivity contribution is 7.99. The van der Waals surface area contributed by atoms with E-state index in [1.807, 2.05) is 11.8 Å². The van der Waals surface area contributed by atoms with Crippen LogP contribution in [0.5, 0.6) is 0 Å². The molecule has 1 saturated heterocycles. The van der Waals surface area contributed by atoms with E-state index in [1.54, 1.807) is 0 Å². The van der Waals surface area contributed by atoms with Gasteiger partial charge in [-0.3, -0.25) is 0 Å². The highest BCUT2D eigenvalue weighted by atomic mass is 32.2. The highest BCUT2D eigenvalue weighted by Crippen LogP contribution is 2.21. The molecule has 0 amide bonds. The lowest BCUT2D eigenvalue weighted by Gasteiger charge is -2.21. The molecular formula is C10H22N2O3S2. The average Bonchev–Trinajstić information content (AvgIpc) is 2.34. The van der Waals surface area contributed by atoms with Gasteiger partial charge in [0.1, 0.15) is 0 Å². The number of sulfonamides is 1. The first kappa shape index (κ1) is 15.2. The molecule has 1 rings (SSSR count). The molecule has 0 aliphatic carbocycles. The highest BCUT2D eigenvalue weighted by Gasteiger charge is 2.17. The van der Waals surface area contributed by atoms with Crippen LogP contribution >= 0.6 is 11.8 Å². The van der Waals surface area contributed by atoms with Gasteiger partial charge in [0.15, 0.2) is 0 Å². The maximum atomic E-state index is 11.6. The Morgan fingerprint density at radius 1 is 1.29 bits per heavy atom. The van der Waals surface area contributed by atoms with Crippen molar-refractivity contribution in [1.29, 1.82) is 0 Å². The van der Waals surface area contributed by atoms with Crippen molar-refractivity contribution in [2.24, 2.45) is 11.7 Å². The summed E-state index contributed by atoms with van der Waals surface area (Å²) in [5.74, 6) is 2.81. The van der Waals surface area contributed by atoms with Crippen LogP contribution < -0.4 is 10.5 Å². The van der Waals surface area contributed by atoms with Crippen LogP contribution in [0.3, 0.4) is 0 Å². The summed E-state index contributed by atoms with van der Waals surface area (Å²) in [6.45, 7) is 1.62. The molecule has 3 N–H and O–H groups in total. The Labute approximate surface area is 108 Å². The van der Waals surface area contributed by atoms with Crippen molar-refractivity contribution in [3.63, 3.8) is 0 Å². The molecule has 5 nitrogen and oxygen atoms in total. The molecule has 0 aromatic carbocycles. The maximum Gasteiger partial charge on any atom is 0.213 e. The Kier molecular flexibility index (Phi) is 7.45. The lowest BCUT2D eigenvalue weighted by molar-refractivity contribution is 0.156. The van der Waals surface area contributed by atoms with Gasteiger partial charge < -0.3 is 10.5 Å². The van der Waals surface area contributed by atoms with Gasteiger partial charge in [0.25, 0.3) is 0 Å². The van der Waals surface area contributed by atoms with Gasteiger partial charge in [0.05, 0.1) is 19.0 Å². The van der Waals surface area contributed by atoms with Crippen LogP contribution in [0.25, 0.3) is 0 Å². The summed E-state index contributed by atoms with van der Waals surface area (Å²) >= 11 is 1.94. The normalized spacial score (nSPS) is 18.4. The molecule has 1 heterocycles. The van der Waals surface area contributed by atoms with E-state index in [0.29, 0.717) is 25.6 Å². The lowest BCUT2D eigenvalue weighted by Crippen LogP contribution is -2.34. The zero-order chi connectivity index (χ0) is 12.6. The monoisotopic (exact) mass is 282 g/mol. The number of nitrogens with two attached hydrogens (primary N) is 1. The Bertz CT molecular complexity index is 290. The standard InChI is InChI=1S/C10H22N2O3S2/c11-3-4-15-5-8-17(13,14)12-9-10-1-6-16-7-2-10/h10,12H,1-9,11H2. The summed E-state index contributed by atoms with van der Waals surface area (Å²) in [5, 5.41) is 0. The predicted molar refractivity (Wildman–Crippen MR) is 71.7 cm³/mol. The van der Waals surface area contributed by atoms with Gasteiger partial charge in [-0.2, -0.15) is 11.8 Å². The summed E-state index contributed by atoms with van der Waals surface area (Å²) in [5.41, 5.74) is 5.24. The molecule has 1 aliphatic rings. The lowest BCUT2D eigenvalue weighted by atomic mass is 10.0. The second kappa shape index (κ2) is 8.31. The second-order valence-corrected chi connectivity index (χ2v) is 7.28. The molecule has 0 bridgehead atoms. The Morgan fingerprint density at radius 2 is 2.00 bits per heavy atom. The van der Waals surface area contributed by atoms with Gasteiger partial charge >= 0.3 is 0 Å². The van der Waals surface area contributed by atoms with Crippen LogP contribution in [0.1, 0.15) is 12.8 Å². The Balaban J connectivity index is 2.14. The number of nitrogens with one attached hydrogen (secondary N) is 1. The average molecular weight is 282 g/mol. The molecule has 102 valence electrons. The van der Waals surface area contributed by atoms with Crippen LogP contribution in [0.2, 0.25) is 0 Å². The van der Waals surface area contributed by atoms with Crippen molar-refractivity contribution in [3.05, 3.63) is 0 Å². The zero-order valence-electron chi connectivity index (χ0n) is 10.1. The SMILES string of the molecule is NCCOCCS(=O)(=O)NCC1CCSCC1. The first-order chi connectivity index (χ1) is 8.14. The van der Waals surface area contributed by atoms with E-state index in [1.165, 1.54) is 0 Å². The molecule has 0 radical (unpaired) electrons. The number of hydrogen-bond donors (Lipinski definition) is 2. The Hall–Kier alpha value is 0.180. The molecule has 1 fully saturated rings. The van der Waals surface area contributed by atoms with Gasteiger partial charge in [-0.25, -0.2) is 13.1 Å². The summed E-state index contributed by atoms with van der Waals surface area (Å²) in [6, 6.07) is 0. The van der Waals surface area contributed by atoms with Crippen molar-refractivity contribution in [2.45, 2.75) is 12.8 Å². The number of ether oxygens (including phenoxy) is 1. The van der Waals surface area contributed by atoms with E-state index in [4.69, 9.17) is 10.5 Å². The van der Waals surface area contributed by atoms with Crippen LogP contribution in [0.4, 0.5) is 0 Å². The van der Waals surface area contributed by atoms with Gasteiger partial charge in [-0.15, -0.1) is 0 Å². The second-order valence-electron chi connectivity index (χ2n) is 4.12. The van der Waals surface area contributed by atoms with Crippen LogP contribution in [0.15, 0.2) is 0 Å². The predicted octanol–water partition coefficient (Wildman–Crippen LogP) is 0.0243. The van der Waals surface area contributed by atoms with E-state index in [2.05, 4.69) is 4.72 Å². The van der Waals surface area contributed by atoms with E-state index in [0.717, 1.165) is 24.3 Å². The Morgan fingerprint density at radius 3 is 2.65 bits per heavy atom. The zero-order valence-corrected chi connectivity index (χ0v) is 11.7. The first-order valence-corrected chi connectivity index (χ1v) is 8.77. The third-order valence-electron chi connectivity index (χ3n) is 2.69. The third-order valence-corrected chi connectivity index (χ3v) is 5.05. The molecule has 0 unspecified atom stereocenters. The van der Waals surface area contributed by atoms with Crippen LogP contribution in [0, 0.1) is 5.92 Å². The molecule has 7 heteroatoms. The van der Waals surface area contributed by atoms with Crippen molar-refractivity contribution < 1.29 is 13.2 Å². The third kappa shape index (κ3) is 7.25. The minimum absolute atomic E-state index is 0.0223. The fourth-order valence-electron chi connectivity index (χ4n) is 1.62. The summed E-state index contributed by atoms with van der Waals surface area (Å²) < 4.78 is 30.9. The van der Waals surface area contributed by atoms with E-state index in [-0.39, 0.29) is 12.4 Å². The molecule has 1 aliphatic heterocycles. The topological polar surface area (TPSA) is 81.4 Å². The van der Waals surface area contributed by atoms with Gasteiger partial charge in [0, 0.05) is 13.1 Å². The van der Waals surface area contributed by atoms with Crippen molar-refractivity contribution in [2.75, 3.05) is 43.6 Å². The fraction of sp³-hybridized carbons (Fsp3) is 1.00. The number of hydrogen-bond acceptors (Lipinski definition) is 5. The molecule has 17 heavy (non-hydrogen) atoms. The van der Waals surface area contributed by atoms with E-state index in [9.17, 15) is 8.42 Å². The number of rotatable bonds is 8. The van der Waals surface area contributed by atoms with Gasteiger partial charge in [-0.05, 0) is 30.3 Å².